The summed E-state index contributed by atoms with van der Waals surface area (Å²) in [6.07, 6.45) is 13.9. The Morgan fingerprint density at radius 3 is 1.25 bits per heavy atom. The molecule has 2 aliphatic rings. The van der Waals surface area contributed by atoms with Crippen LogP contribution in [0.3, 0.4) is 0 Å². The van der Waals surface area contributed by atoms with Gasteiger partial charge in [0.05, 0.1) is 0 Å². The van der Waals surface area contributed by atoms with Crippen LogP contribution in [0, 0.1) is 0 Å². The SMILES string of the molecule is CCCCCCCCN1C(=O)c2ccc3c4c(ccc(c24)C1=S)C(=O)N(CCCCCCCC)C3=S. The lowest BCUT2D eigenvalue weighted by Crippen LogP contribution is -2.43. The highest BCUT2D eigenvalue weighted by molar-refractivity contribution is 7.81. The Hall–Kier alpha value is -2.18. The van der Waals surface area contributed by atoms with Gasteiger partial charge in [0.25, 0.3) is 11.8 Å². The normalized spacial score (nSPS) is 14.9. The number of thiocarbonyl (C=S) groups is 2. The van der Waals surface area contributed by atoms with Gasteiger partial charge >= 0.3 is 0 Å². The fraction of sp³-hybridized carbons (Fsp3) is 0.533. The summed E-state index contributed by atoms with van der Waals surface area (Å²) in [6, 6.07) is 7.63. The van der Waals surface area contributed by atoms with Gasteiger partial charge in [-0.3, -0.25) is 19.4 Å². The van der Waals surface area contributed by atoms with Crippen LogP contribution in [0.25, 0.3) is 10.8 Å². The molecule has 0 bridgehead atoms. The van der Waals surface area contributed by atoms with Gasteiger partial charge in [-0.2, -0.15) is 0 Å². The first-order valence-corrected chi connectivity index (χ1v) is 14.6. The second kappa shape index (κ2) is 12.4. The molecule has 2 heterocycles. The minimum Gasteiger partial charge on any atom is -0.299 e. The van der Waals surface area contributed by atoms with E-state index >= 15 is 0 Å². The van der Waals surface area contributed by atoms with Crippen LogP contribution < -0.4 is 0 Å². The Kier molecular flexibility index (Phi) is 9.24. The highest BCUT2D eigenvalue weighted by Gasteiger charge is 2.36. The summed E-state index contributed by atoms with van der Waals surface area (Å²) in [7, 11) is 0. The molecule has 2 aliphatic heterocycles. The maximum Gasteiger partial charge on any atom is 0.259 e. The molecule has 4 rings (SSSR count). The van der Waals surface area contributed by atoms with E-state index in [0.717, 1.165) is 47.6 Å². The van der Waals surface area contributed by atoms with Gasteiger partial charge in [0.1, 0.15) is 9.98 Å². The number of unbranched alkanes of at least 4 members (excludes halogenated alkanes) is 10. The number of benzene rings is 2. The highest BCUT2D eigenvalue weighted by Crippen LogP contribution is 2.38. The fourth-order valence-corrected chi connectivity index (χ4v) is 6.17. The second-order valence-corrected chi connectivity index (χ2v) is 10.9. The number of hydrogen-bond acceptors (Lipinski definition) is 4. The molecule has 0 aliphatic carbocycles. The third-order valence-electron chi connectivity index (χ3n) is 7.53. The van der Waals surface area contributed by atoms with Gasteiger partial charge in [-0.15, -0.1) is 0 Å². The second-order valence-electron chi connectivity index (χ2n) is 10.1. The van der Waals surface area contributed by atoms with Gasteiger partial charge in [-0.1, -0.05) is 115 Å². The molecule has 0 N–H and O–H groups in total. The number of amides is 2. The van der Waals surface area contributed by atoms with Gasteiger partial charge in [0, 0.05) is 46.1 Å². The van der Waals surface area contributed by atoms with Crippen LogP contribution >= 0.6 is 24.4 Å². The monoisotopic (exact) mass is 522 g/mol. The van der Waals surface area contributed by atoms with Crippen molar-refractivity contribution < 1.29 is 9.59 Å². The minimum atomic E-state index is -0.0577. The van der Waals surface area contributed by atoms with E-state index in [1.807, 2.05) is 24.3 Å². The predicted octanol–water partition coefficient (Wildman–Crippen LogP) is 7.82. The van der Waals surface area contributed by atoms with Crippen molar-refractivity contribution in [3.8, 4) is 0 Å². The van der Waals surface area contributed by atoms with Crippen molar-refractivity contribution in [2.24, 2.45) is 0 Å². The maximum absolute atomic E-state index is 13.5. The quantitative estimate of drug-likeness (QED) is 0.187. The third kappa shape index (κ3) is 5.26. The van der Waals surface area contributed by atoms with E-state index in [2.05, 4.69) is 13.8 Å². The Morgan fingerprint density at radius 2 is 0.861 bits per heavy atom. The zero-order chi connectivity index (χ0) is 25.7. The first-order valence-electron chi connectivity index (χ1n) is 13.8. The van der Waals surface area contributed by atoms with Crippen molar-refractivity contribution in [2.75, 3.05) is 13.1 Å². The lowest BCUT2D eigenvalue weighted by Gasteiger charge is -2.34. The minimum absolute atomic E-state index is 0.0577. The van der Waals surface area contributed by atoms with E-state index in [0.29, 0.717) is 34.2 Å². The molecule has 192 valence electrons. The van der Waals surface area contributed by atoms with E-state index in [1.54, 1.807) is 9.80 Å². The average molecular weight is 523 g/mol. The van der Waals surface area contributed by atoms with Crippen molar-refractivity contribution in [3.05, 3.63) is 46.5 Å². The third-order valence-corrected chi connectivity index (χ3v) is 8.41. The van der Waals surface area contributed by atoms with Crippen LogP contribution in [-0.4, -0.2) is 44.7 Å². The summed E-state index contributed by atoms with van der Waals surface area (Å²) >= 11 is 11.6. The molecule has 2 aromatic carbocycles. The van der Waals surface area contributed by atoms with Crippen molar-refractivity contribution >= 4 is 57.0 Å². The molecule has 0 aromatic heterocycles. The Morgan fingerprint density at radius 1 is 0.528 bits per heavy atom. The Balaban J connectivity index is 1.54. The zero-order valence-electron chi connectivity index (χ0n) is 21.7. The summed E-state index contributed by atoms with van der Waals surface area (Å²) in [5, 5.41) is 1.60. The molecule has 0 unspecified atom stereocenters. The number of carbonyl (C=O) groups is 2. The first kappa shape index (κ1) is 26.9. The summed E-state index contributed by atoms with van der Waals surface area (Å²) in [5.74, 6) is -0.115. The molecule has 4 nitrogen and oxygen atoms in total. The van der Waals surface area contributed by atoms with Gasteiger partial charge < -0.3 is 0 Å². The molecule has 0 atom stereocenters. The van der Waals surface area contributed by atoms with Gasteiger partial charge in [-0.25, -0.2) is 0 Å². The fourth-order valence-electron chi connectivity index (χ4n) is 5.48. The molecule has 0 saturated carbocycles. The Labute approximate surface area is 226 Å². The molecular formula is C30H38N2O2S2. The largest absolute Gasteiger partial charge is 0.299 e. The molecule has 0 radical (unpaired) electrons. The summed E-state index contributed by atoms with van der Waals surface area (Å²) in [5.41, 5.74) is 2.99. The molecule has 0 fully saturated rings. The van der Waals surface area contributed by atoms with Crippen molar-refractivity contribution in [2.45, 2.75) is 90.9 Å². The molecule has 2 aromatic rings. The number of hydrogen-bond donors (Lipinski definition) is 0. The molecule has 2 amide bonds. The van der Waals surface area contributed by atoms with E-state index in [9.17, 15) is 9.59 Å². The molecule has 0 saturated heterocycles. The number of rotatable bonds is 14. The first-order chi connectivity index (χ1) is 17.5. The summed E-state index contributed by atoms with van der Waals surface area (Å²) in [6.45, 7) is 5.70. The van der Waals surface area contributed by atoms with Crippen LogP contribution in [0.1, 0.15) is 123 Å². The summed E-state index contributed by atoms with van der Waals surface area (Å²) in [4.78, 5) is 31.6. The number of carbonyl (C=O) groups excluding carboxylic acids is 2. The smallest absolute Gasteiger partial charge is 0.259 e. The average Bonchev–Trinajstić information content (AvgIpc) is 2.88. The lowest BCUT2D eigenvalue weighted by atomic mass is 9.86. The Bertz CT molecular complexity index is 1010. The van der Waals surface area contributed by atoms with Crippen LogP contribution in [0.2, 0.25) is 0 Å². The highest BCUT2D eigenvalue weighted by atomic mass is 32.1. The van der Waals surface area contributed by atoms with Crippen molar-refractivity contribution in [1.82, 2.24) is 9.80 Å². The predicted molar refractivity (Wildman–Crippen MR) is 156 cm³/mol. The molecular weight excluding hydrogens is 484 g/mol. The lowest BCUT2D eigenvalue weighted by molar-refractivity contribution is 0.0836. The van der Waals surface area contributed by atoms with E-state index < -0.39 is 0 Å². The molecule has 0 spiro atoms. The van der Waals surface area contributed by atoms with Gasteiger partial charge in [0.2, 0.25) is 0 Å². The van der Waals surface area contributed by atoms with E-state index in [4.69, 9.17) is 24.4 Å². The van der Waals surface area contributed by atoms with Crippen molar-refractivity contribution in [1.29, 1.82) is 0 Å². The molecule has 6 heteroatoms. The standard InChI is InChI=1S/C30H38N2O2S2/c1-3-5-7-9-11-13-19-31-27(33)21-15-18-24-26-22(16-17-23(25(21)26)29(31)35)28(34)32(30(24)36)20-14-12-10-8-6-4-2/h15-18H,3-14,19-20H2,1-2H3. The molecule has 36 heavy (non-hydrogen) atoms. The van der Waals surface area contributed by atoms with Crippen molar-refractivity contribution in [3.63, 3.8) is 0 Å². The van der Waals surface area contributed by atoms with Crippen LogP contribution in [0.15, 0.2) is 24.3 Å². The summed E-state index contributed by atoms with van der Waals surface area (Å²) < 4.78 is 0. The zero-order valence-corrected chi connectivity index (χ0v) is 23.4. The number of nitrogens with zero attached hydrogens (tertiary/aromatic N) is 2. The van der Waals surface area contributed by atoms with Gasteiger partial charge in [-0.05, 0) is 25.0 Å². The van der Waals surface area contributed by atoms with E-state index in [1.165, 1.54) is 51.4 Å². The van der Waals surface area contributed by atoms with E-state index in [-0.39, 0.29) is 11.8 Å². The van der Waals surface area contributed by atoms with Crippen LogP contribution in [0.5, 0.6) is 0 Å². The van der Waals surface area contributed by atoms with Crippen LogP contribution in [0.4, 0.5) is 0 Å². The maximum atomic E-state index is 13.5. The van der Waals surface area contributed by atoms with Crippen LogP contribution in [-0.2, 0) is 0 Å². The van der Waals surface area contributed by atoms with Gasteiger partial charge in [0.15, 0.2) is 0 Å². The topological polar surface area (TPSA) is 40.6 Å².